The number of aryl methyl sites for hydroxylation is 3. The Morgan fingerprint density at radius 3 is 0.724 bits per heavy atom. The van der Waals surface area contributed by atoms with Crippen molar-refractivity contribution < 1.29 is 0 Å². The van der Waals surface area contributed by atoms with E-state index in [0.717, 1.165) is 0 Å². The molecule has 0 aliphatic rings. The lowest BCUT2D eigenvalue weighted by molar-refractivity contribution is 0.973. The highest BCUT2D eigenvalue weighted by molar-refractivity contribution is 5.44. The first-order chi connectivity index (χ1) is 13.6. The molecule has 0 saturated carbocycles. The lowest BCUT2D eigenvalue weighted by atomic mass is 9.84. The maximum Gasteiger partial charge on any atom is 0.0339 e. The van der Waals surface area contributed by atoms with Crippen LogP contribution in [0.3, 0.4) is 0 Å². The third kappa shape index (κ3) is 9.13. The molecule has 0 radical (unpaired) electrons. The van der Waals surface area contributed by atoms with E-state index in [9.17, 15) is 0 Å². The van der Waals surface area contributed by atoms with E-state index in [1.807, 2.05) is 41.5 Å². The van der Waals surface area contributed by atoms with E-state index < -0.39 is 0 Å². The van der Waals surface area contributed by atoms with Gasteiger partial charge < -0.3 is 0 Å². The highest BCUT2D eigenvalue weighted by Crippen LogP contribution is 2.32. The average Bonchev–Trinajstić information content (AvgIpc) is 2.77. The van der Waals surface area contributed by atoms with Gasteiger partial charge in [-0.2, -0.15) is 0 Å². The van der Waals surface area contributed by atoms with Gasteiger partial charge in [-0.1, -0.05) is 138 Å². The zero-order chi connectivity index (χ0) is 21.5. The molecule has 0 unspecified atom stereocenters. The van der Waals surface area contributed by atoms with Gasteiger partial charge >= 0.3 is 0 Å². The molecule has 0 fully saturated rings. The summed E-state index contributed by atoms with van der Waals surface area (Å²) in [5.74, 6) is 0.293. The van der Waals surface area contributed by atoms with Gasteiger partial charge in [0.25, 0.3) is 0 Å². The van der Waals surface area contributed by atoms with E-state index >= 15 is 0 Å². The summed E-state index contributed by atoms with van der Waals surface area (Å²) in [6, 6.07) is 26.7. The van der Waals surface area contributed by atoms with Crippen LogP contribution in [-0.4, -0.2) is 0 Å². The minimum absolute atomic E-state index is 0. The Hall–Kier alpha value is -2.34. The van der Waals surface area contributed by atoms with Gasteiger partial charge in [-0.3, -0.25) is 0 Å². The van der Waals surface area contributed by atoms with Crippen molar-refractivity contribution in [3.63, 3.8) is 0 Å². The first-order valence-electron chi connectivity index (χ1n) is 10.8. The van der Waals surface area contributed by atoms with Crippen LogP contribution in [0.1, 0.15) is 88.3 Å². The monoisotopic (exact) mass is 392 g/mol. The zero-order valence-electron chi connectivity index (χ0n) is 19.5. The van der Waals surface area contributed by atoms with Crippen LogP contribution in [0.15, 0.2) is 72.8 Å². The Kier molecular flexibility index (Phi) is 16.5. The Morgan fingerprint density at radius 2 is 0.552 bits per heavy atom. The van der Waals surface area contributed by atoms with Crippen molar-refractivity contribution in [1.29, 1.82) is 0 Å². The minimum Gasteiger partial charge on any atom is -0.0776 e. The zero-order valence-corrected chi connectivity index (χ0v) is 19.5. The van der Waals surface area contributed by atoms with Gasteiger partial charge in [-0.15, -0.1) is 0 Å². The molecule has 0 saturated heterocycles. The summed E-state index contributed by atoms with van der Waals surface area (Å²) in [5, 5.41) is 0. The van der Waals surface area contributed by atoms with E-state index in [1.54, 1.807) is 0 Å². The fourth-order valence-corrected chi connectivity index (χ4v) is 2.85. The topological polar surface area (TPSA) is 0 Å². The van der Waals surface area contributed by atoms with Crippen molar-refractivity contribution >= 4 is 0 Å². The second-order valence-electron chi connectivity index (χ2n) is 6.17. The molecular formula is C29H44. The second kappa shape index (κ2) is 16.6. The smallest absolute Gasteiger partial charge is 0.0339 e. The summed E-state index contributed by atoms with van der Waals surface area (Å²) in [7, 11) is 0. The predicted octanol–water partition coefficient (Wildman–Crippen LogP) is 9.51. The highest BCUT2D eigenvalue weighted by Gasteiger charge is 2.16. The van der Waals surface area contributed by atoms with Crippen LogP contribution < -0.4 is 0 Å². The Bertz CT molecular complexity index is 623. The normalized spacial score (nSPS) is 8.90. The molecule has 29 heavy (non-hydrogen) atoms. The van der Waals surface area contributed by atoms with Gasteiger partial charge in [-0.25, -0.2) is 0 Å². The molecule has 0 aliphatic heterocycles. The molecule has 0 atom stereocenters. The molecule has 0 aliphatic carbocycles. The Morgan fingerprint density at radius 1 is 0.379 bits per heavy atom. The van der Waals surface area contributed by atoms with Gasteiger partial charge in [0.15, 0.2) is 0 Å². The molecule has 160 valence electrons. The SMILES string of the molecule is C.CC.CC.CC.Cc1ccc(C(c2ccc(C)cc2)c2ccc(C)cc2)cc1. The van der Waals surface area contributed by atoms with Crippen LogP contribution in [0.4, 0.5) is 0 Å². The van der Waals surface area contributed by atoms with Crippen LogP contribution in [0.5, 0.6) is 0 Å². The third-order valence-electron chi connectivity index (χ3n) is 4.23. The van der Waals surface area contributed by atoms with E-state index in [-0.39, 0.29) is 7.43 Å². The molecule has 3 aromatic carbocycles. The largest absolute Gasteiger partial charge is 0.0776 e. The molecule has 0 spiro atoms. The van der Waals surface area contributed by atoms with Gasteiger partial charge in [0, 0.05) is 5.92 Å². The van der Waals surface area contributed by atoms with Crippen LogP contribution in [-0.2, 0) is 0 Å². The van der Waals surface area contributed by atoms with Gasteiger partial charge in [0.1, 0.15) is 0 Å². The molecule has 0 nitrogen and oxygen atoms in total. The molecular weight excluding hydrogens is 348 g/mol. The van der Waals surface area contributed by atoms with Crippen molar-refractivity contribution in [2.75, 3.05) is 0 Å². The van der Waals surface area contributed by atoms with Gasteiger partial charge in [0.2, 0.25) is 0 Å². The van der Waals surface area contributed by atoms with E-state index in [0.29, 0.717) is 5.92 Å². The summed E-state index contributed by atoms with van der Waals surface area (Å²) in [6.07, 6.45) is 0. The molecule has 0 heterocycles. The lowest BCUT2D eigenvalue weighted by Crippen LogP contribution is -2.03. The molecule has 0 aromatic heterocycles. The minimum atomic E-state index is 0. The molecule has 0 amide bonds. The standard InChI is InChI=1S/C22H22.3C2H6.CH4/c1-16-4-10-19(11-5-16)22(20-12-6-17(2)7-13-20)21-14-8-18(3)9-15-21;3*1-2;/h4-15,22H,1-3H3;3*1-2H3;1H4. The fourth-order valence-electron chi connectivity index (χ4n) is 2.85. The second-order valence-corrected chi connectivity index (χ2v) is 6.17. The summed E-state index contributed by atoms with van der Waals surface area (Å²) < 4.78 is 0. The van der Waals surface area contributed by atoms with Crippen LogP contribution in [0.25, 0.3) is 0 Å². The van der Waals surface area contributed by atoms with Crippen molar-refractivity contribution in [3.8, 4) is 0 Å². The number of hydrogen-bond acceptors (Lipinski definition) is 0. The van der Waals surface area contributed by atoms with Crippen LogP contribution in [0, 0.1) is 20.8 Å². The molecule has 0 heteroatoms. The van der Waals surface area contributed by atoms with E-state index in [4.69, 9.17) is 0 Å². The van der Waals surface area contributed by atoms with Crippen LogP contribution in [0.2, 0.25) is 0 Å². The Labute approximate surface area is 182 Å². The summed E-state index contributed by atoms with van der Waals surface area (Å²) in [6.45, 7) is 18.4. The summed E-state index contributed by atoms with van der Waals surface area (Å²) in [4.78, 5) is 0. The number of benzene rings is 3. The van der Waals surface area contributed by atoms with E-state index in [1.165, 1.54) is 33.4 Å². The van der Waals surface area contributed by atoms with Crippen molar-refractivity contribution in [2.24, 2.45) is 0 Å². The first-order valence-corrected chi connectivity index (χ1v) is 10.8. The lowest BCUT2D eigenvalue weighted by Gasteiger charge is -2.19. The first kappa shape index (κ1) is 28.9. The maximum atomic E-state index is 2.25. The number of rotatable bonds is 3. The van der Waals surface area contributed by atoms with Gasteiger partial charge in [0.05, 0.1) is 0 Å². The van der Waals surface area contributed by atoms with Crippen molar-refractivity contribution in [2.45, 2.75) is 75.7 Å². The van der Waals surface area contributed by atoms with Crippen molar-refractivity contribution in [1.82, 2.24) is 0 Å². The van der Waals surface area contributed by atoms with Crippen molar-refractivity contribution in [3.05, 3.63) is 106 Å². The molecule has 3 aromatic rings. The highest BCUT2D eigenvalue weighted by atomic mass is 14.2. The maximum absolute atomic E-state index is 2.25. The van der Waals surface area contributed by atoms with Crippen LogP contribution >= 0.6 is 0 Å². The quantitative estimate of drug-likeness (QED) is 0.389. The fraction of sp³-hybridized carbons (Fsp3) is 0.379. The third-order valence-corrected chi connectivity index (χ3v) is 4.23. The molecule has 0 bridgehead atoms. The summed E-state index contributed by atoms with van der Waals surface area (Å²) in [5.41, 5.74) is 7.94. The average molecular weight is 393 g/mol. The number of hydrogen-bond donors (Lipinski definition) is 0. The Balaban J connectivity index is 0. The van der Waals surface area contributed by atoms with Gasteiger partial charge in [-0.05, 0) is 37.5 Å². The summed E-state index contributed by atoms with van der Waals surface area (Å²) >= 11 is 0. The molecule has 3 rings (SSSR count). The molecule has 0 N–H and O–H groups in total. The predicted molar refractivity (Wildman–Crippen MR) is 135 cm³/mol. The van der Waals surface area contributed by atoms with E-state index in [2.05, 4.69) is 93.6 Å².